The number of hydrogen-bond donors (Lipinski definition) is 1. The molecule has 0 saturated heterocycles. The average molecular weight is 357 g/mol. The van der Waals surface area contributed by atoms with Gasteiger partial charge < -0.3 is 5.32 Å². The Morgan fingerprint density at radius 3 is 2.65 bits per heavy atom. The summed E-state index contributed by atoms with van der Waals surface area (Å²) in [5.41, 5.74) is 1.21. The van der Waals surface area contributed by atoms with E-state index in [0.717, 1.165) is 6.42 Å². The maximum absolute atomic E-state index is 3.57. The zero-order valence-corrected chi connectivity index (χ0v) is 13.0. The zero-order chi connectivity index (χ0) is 12.3. The summed E-state index contributed by atoms with van der Waals surface area (Å²) in [6.07, 6.45) is 1.13. The SMILES string of the molecule is CCc1ccc(C(C)Nc2ccccc2I)s1. The number of hydrogen-bond acceptors (Lipinski definition) is 2. The van der Waals surface area contributed by atoms with E-state index in [9.17, 15) is 0 Å². The number of benzene rings is 1. The Balaban J connectivity index is 2.11. The molecule has 90 valence electrons. The summed E-state index contributed by atoms with van der Waals surface area (Å²) in [5, 5.41) is 3.57. The molecule has 0 fully saturated rings. The van der Waals surface area contributed by atoms with E-state index in [2.05, 4.69) is 78.2 Å². The van der Waals surface area contributed by atoms with Crippen LogP contribution in [0.3, 0.4) is 0 Å². The second-order valence-electron chi connectivity index (χ2n) is 4.00. The molecule has 1 N–H and O–H groups in total. The summed E-state index contributed by atoms with van der Waals surface area (Å²) in [7, 11) is 0. The zero-order valence-electron chi connectivity index (χ0n) is 10.0. The quantitative estimate of drug-likeness (QED) is 0.752. The Kier molecular flexibility index (Phi) is 4.45. The number of rotatable bonds is 4. The highest BCUT2D eigenvalue weighted by Crippen LogP contribution is 2.28. The molecule has 0 aliphatic heterocycles. The molecule has 2 rings (SSSR count). The number of anilines is 1. The van der Waals surface area contributed by atoms with Gasteiger partial charge in [0, 0.05) is 19.0 Å². The Labute approximate surface area is 120 Å². The maximum Gasteiger partial charge on any atom is 0.0578 e. The first-order valence-electron chi connectivity index (χ1n) is 5.80. The van der Waals surface area contributed by atoms with Gasteiger partial charge in [-0.25, -0.2) is 0 Å². The fourth-order valence-corrected chi connectivity index (χ4v) is 3.20. The monoisotopic (exact) mass is 357 g/mol. The standard InChI is InChI=1S/C14H16INS/c1-3-11-8-9-14(17-11)10(2)16-13-7-5-4-6-12(13)15/h4-10,16H,3H2,1-2H3. The molecule has 0 spiro atoms. The number of para-hydroxylation sites is 1. The molecule has 1 heterocycles. The normalized spacial score (nSPS) is 12.4. The maximum atomic E-state index is 3.57. The smallest absolute Gasteiger partial charge is 0.0578 e. The number of nitrogens with one attached hydrogen (secondary N) is 1. The van der Waals surface area contributed by atoms with Gasteiger partial charge in [0.1, 0.15) is 0 Å². The first kappa shape index (κ1) is 12.9. The number of aryl methyl sites for hydroxylation is 1. The molecule has 2 aromatic rings. The summed E-state index contributed by atoms with van der Waals surface area (Å²) in [4.78, 5) is 2.86. The minimum Gasteiger partial charge on any atom is -0.377 e. The van der Waals surface area contributed by atoms with Crippen LogP contribution in [0.15, 0.2) is 36.4 Å². The highest BCUT2D eigenvalue weighted by atomic mass is 127. The van der Waals surface area contributed by atoms with E-state index in [4.69, 9.17) is 0 Å². The van der Waals surface area contributed by atoms with Crippen LogP contribution >= 0.6 is 33.9 Å². The van der Waals surface area contributed by atoms with Crippen molar-refractivity contribution < 1.29 is 0 Å². The summed E-state index contributed by atoms with van der Waals surface area (Å²) < 4.78 is 1.27. The molecule has 0 saturated carbocycles. The third-order valence-corrected chi connectivity index (χ3v) is 5.06. The highest BCUT2D eigenvalue weighted by molar-refractivity contribution is 14.1. The lowest BCUT2D eigenvalue weighted by Gasteiger charge is -2.14. The highest BCUT2D eigenvalue weighted by Gasteiger charge is 2.09. The van der Waals surface area contributed by atoms with Crippen molar-refractivity contribution in [2.45, 2.75) is 26.3 Å². The summed E-state index contributed by atoms with van der Waals surface area (Å²) in [6, 6.07) is 13.2. The fraction of sp³-hybridized carbons (Fsp3) is 0.286. The van der Waals surface area contributed by atoms with Crippen LogP contribution < -0.4 is 5.32 Å². The van der Waals surface area contributed by atoms with E-state index in [1.54, 1.807) is 0 Å². The second-order valence-corrected chi connectivity index (χ2v) is 6.37. The minimum atomic E-state index is 0.371. The molecule has 0 bridgehead atoms. The lowest BCUT2D eigenvalue weighted by atomic mass is 10.2. The van der Waals surface area contributed by atoms with Gasteiger partial charge >= 0.3 is 0 Å². The van der Waals surface area contributed by atoms with E-state index in [1.165, 1.54) is 19.0 Å². The molecule has 1 aromatic carbocycles. The van der Waals surface area contributed by atoms with Crippen molar-refractivity contribution in [2.75, 3.05) is 5.32 Å². The van der Waals surface area contributed by atoms with Crippen molar-refractivity contribution in [1.29, 1.82) is 0 Å². The fourth-order valence-electron chi connectivity index (χ4n) is 1.70. The van der Waals surface area contributed by atoms with Gasteiger partial charge in [-0.15, -0.1) is 11.3 Å². The largest absolute Gasteiger partial charge is 0.377 e. The van der Waals surface area contributed by atoms with Crippen LogP contribution in [0.25, 0.3) is 0 Å². The van der Waals surface area contributed by atoms with Crippen molar-refractivity contribution in [3.63, 3.8) is 0 Å². The van der Waals surface area contributed by atoms with Gasteiger partial charge in [0.2, 0.25) is 0 Å². The van der Waals surface area contributed by atoms with Gasteiger partial charge in [-0.2, -0.15) is 0 Å². The second kappa shape index (κ2) is 5.87. The van der Waals surface area contributed by atoms with Crippen molar-refractivity contribution in [1.82, 2.24) is 0 Å². The van der Waals surface area contributed by atoms with E-state index >= 15 is 0 Å². The Morgan fingerprint density at radius 2 is 2.00 bits per heavy atom. The van der Waals surface area contributed by atoms with Gasteiger partial charge in [-0.05, 0) is 60.2 Å². The Morgan fingerprint density at radius 1 is 1.24 bits per heavy atom. The van der Waals surface area contributed by atoms with Crippen LogP contribution in [0.5, 0.6) is 0 Å². The van der Waals surface area contributed by atoms with Crippen molar-refractivity contribution in [3.8, 4) is 0 Å². The van der Waals surface area contributed by atoms with Crippen LogP contribution in [0.4, 0.5) is 5.69 Å². The van der Waals surface area contributed by atoms with Gasteiger partial charge in [-0.3, -0.25) is 0 Å². The van der Waals surface area contributed by atoms with Crippen molar-refractivity contribution >= 4 is 39.6 Å². The van der Waals surface area contributed by atoms with Crippen LogP contribution in [0.1, 0.15) is 29.6 Å². The van der Waals surface area contributed by atoms with Gasteiger partial charge in [0.25, 0.3) is 0 Å². The molecule has 17 heavy (non-hydrogen) atoms. The lowest BCUT2D eigenvalue weighted by molar-refractivity contribution is 0.907. The average Bonchev–Trinajstić information content (AvgIpc) is 2.81. The number of halogens is 1. The third kappa shape index (κ3) is 3.22. The molecule has 1 unspecified atom stereocenters. The topological polar surface area (TPSA) is 12.0 Å². The summed E-state index contributed by atoms with van der Waals surface area (Å²) in [6.45, 7) is 4.42. The predicted octanol–water partition coefficient (Wildman–Crippen LogP) is 5.09. The first-order chi connectivity index (χ1) is 8.20. The molecule has 1 aromatic heterocycles. The molecule has 0 aliphatic rings. The first-order valence-corrected chi connectivity index (χ1v) is 7.70. The summed E-state index contributed by atoms with van der Waals surface area (Å²) in [5.74, 6) is 0. The summed E-state index contributed by atoms with van der Waals surface area (Å²) >= 11 is 4.27. The molecule has 0 amide bonds. The van der Waals surface area contributed by atoms with E-state index < -0.39 is 0 Å². The van der Waals surface area contributed by atoms with Crippen LogP contribution in [0.2, 0.25) is 0 Å². The molecule has 0 radical (unpaired) electrons. The minimum absolute atomic E-state index is 0.371. The lowest BCUT2D eigenvalue weighted by Crippen LogP contribution is -2.05. The molecule has 1 atom stereocenters. The van der Waals surface area contributed by atoms with Gasteiger partial charge in [0.15, 0.2) is 0 Å². The molecule has 1 nitrogen and oxygen atoms in total. The van der Waals surface area contributed by atoms with E-state index in [-0.39, 0.29) is 0 Å². The van der Waals surface area contributed by atoms with Gasteiger partial charge in [0.05, 0.1) is 6.04 Å². The number of thiophene rings is 1. The Hall–Kier alpha value is -0.550. The van der Waals surface area contributed by atoms with Crippen LogP contribution in [-0.4, -0.2) is 0 Å². The Bertz CT molecular complexity index is 492. The van der Waals surface area contributed by atoms with Crippen molar-refractivity contribution in [2.24, 2.45) is 0 Å². The third-order valence-electron chi connectivity index (χ3n) is 2.70. The van der Waals surface area contributed by atoms with E-state index in [1.807, 2.05) is 11.3 Å². The molecular formula is C14H16INS. The predicted molar refractivity (Wildman–Crippen MR) is 84.9 cm³/mol. The molecule has 0 aliphatic carbocycles. The van der Waals surface area contributed by atoms with Crippen LogP contribution in [0, 0.1) is 3.57 Å². The van der Waals surface area contributed by atoms with Crippen molar-refractivity contribution in [3.05, 3.63) is 49.7 Å². The molecule has 3 heteroatoms. The van der Waals surface area contributed by atoms with E-state index in [0.29, 0.717) is 6.04 Å². The van der Waals surface area contributed by atoms with Gasteiger partial charge in [-0.1, -0.05) is 19.1 Å². The van der Waals surface area contributed by atoms with Crippen LogP contribution in [-0.2, 0) is 6.42 Å². The molecular weight excluding hydrogens is 341 g/mol.